The standard InChI is InChI=1S/C14H14N2.C14H13N2.Cu.H2NO3/c2*1-9-3-5-11-7-8-12-6-4-10(2)16-14(12)13(11)15-9;;2-1(3)4/h3-10H,1-2H3;3-9H,1-2H3;;(H2,2,3,4)/q-2;-1;2*+1. The minimum atomic E-state index is -1.25. The first-order chi connectivity index (χ1) is 17.2. The van der Waals surface area contributed by atoms with Gasteiger partial charge in [-0.1, -0.05) is 87.6 Å². The van der Waals surface area contributed by atoms with Crippen molar-refractivity contribution in [1.82, 2.24) is 4.98 Å². The van der Waals surface area contributed by atoms with Crippen LogP contribution >= 0.6 is 0 Å². The van der Waals surface area contributed by atoms with E-state index in [1.807, 2.05) is 13.0 Å². The van der Waals surface area contributed by atoms with Gasteiger partial charge in [0, 0.05) is 5.69 Å². The molecule has 0 fully saturated rings. The maximum atomic E-state index is 8.47. The van der Waals surface area contributed by atoms with Crippen LogP contribution in [0, 0.1) is 11.8 Å². The molecule has 8 nitrogen and oxygen atoms in total. The van der Waals surface area contributed by atoms with E-state index in [1.54, 1.807) is 0 Å². The van der Waals surface area contributed by atoms with E-state index in [4.69, 9.17) is 15.3 Å². The average molecular weight is 547 g/mol. The molecule has 4 heterocycles. The van der Waals surface area contributed by atoms with Crippen molar-refractivity contribution in [2.24, 2.45) is 0 Å². The van der Waals surface area contributed by atoms with E-state index < -0.39 is 5.09 Å². The van der Waals surface area contributed by atoms with Crippen LogP contribution in [0.25, 0.3) is 45.1 Å². The molecule has 3 unspecified atom stereocenters. The third-order valence-electron chi connectivity index (χ3n) is 5.88. The van der Waals surface area contributed by atoms with Crippen LogP contribution in [0.15, 0.2) is 54.6 Å². The van der Waals surface area contributed by atoms with Gasteiger partial charge in [-0.05, 0) is 35.1 Å². The number of fused-ring (bicyclic) bond motifs is 6. The maximum Gasteiger partial charge on any atom is 1.00 e. The summed E-state index contributed by atoms with van der Waals surface area (Å²) in [7, 11) is 0. The zero-order chi connectivity index (χ0) is 25.8. The van der Waals surface area contributed by atoms with Gasteiger partial charge in [0.2, 0.25) is 0 Å². The van der Waals surface area contributed by atoms with E-state index in [0.29, 0.717) is 0 Å². The van der Waals surface area contributed by atoms with E-state index in [2.05, 4.69) is 108 Å². The molecule has 2 N–H and O–H groups in total. The molecule has 2 aromatic carbocycles. The molecule has 1 aromatic heterocycles. The van der Waals surface area contributed by atoms with Gasteiger partial charge in [-0.15, -0.1) is 35.2 Å². The Labute approximate surface area is 227 Å². The molecular formula is C28H29CuN5O3-. The molecule has 0 bridgehead atoms. The molecular weight excluding hydrogens is 518 g/mol. The maximum absolute atomic E-state index is 8.47. The number of hydrogen-bond donors (Lipinski definition) is 2. The van der Waals surface area contributed by atoms with Crippen LogP contribution in [0.4, 0.5) is 17.1 Å². The summed E-state index contributed by atoms with van der Waals surface area (Å²) in [5.41, 5.74) is 8.76. The normalized spacial score (nSPS) is 19.5. The Balaban J connectivity index is 0.000000176. The summed E-state index contributed by atoms with van der Waals surface area (Å²) in [5.74, 6) is 0. The van der Waals surface area contributed by atoms with Crippen molar-refractivity contribution < 1.29 is 32.6 Å². The van der Waals surface area contributed by atoms with Crippen LogP contribution in [0.5, 0.6) is 0 Å². The molecule has 3 aromatic rings. The zero-order valence-electron chi connectivity index (χ0n) is 21.0. The van der Waals surface area contributed by atoms with Gasteiger partial charge in [-0.3, -0.25) is 4.98 Å². The van der Waals surface area contributed by atoms with Gasteiger partial charge in [0.05, 0.1) is 5.52 Å². The minimum Gasteiger partial charge on any atom is -0.679 e. The number of hydrogen-bond acceptors (Lipinski definition) is 2. The first-order valence-electron chi connectivity index (χ1n) is 11.8. The number of rotatable bonds is 0. The molecule has 3 atom stereocenters. The predicted molar refractivity (Wildman–Crippen MR) is 145 cm³/mol. The number of aryl methyl sites for hydroxylation is 1. The minimum absolute atomic E-state index is 0. The summed E-state index contributed by atoms with van der Waals surface area (Å²) >= 11 is 0. The average Bonchev–Trinajstić information content (AvgIpc) is 2.84. The Morgan fingerprint density at radius 3 is 1.57 bits per heavy atom. The molecule has 37 heavy (non-hydrogen) atoms. The molecule has 3 aliphatic heterocycles. The molecule has 3 aliphatic rings. The van der Waals surface area contributed by atoms with Crippen molar-refractivity contribution in [3.05, 3.63) is 97.9 Å². The molecule has 0 amide bonds. The fraction of sp³-hybridized carbons (Fsp3) is 0.250. The molecule has 0 aliphatic carbocycles. The zero-order valence-corrected chi connectivity index (χ0v) is 21.9. The summed E-state index contributed by atoms with van der Waals surface area (Å²) in [5, 5.41) is 27.7. The summed E-state index contributed by atoms with van der Waals surface area (Å²) in [4.78, 5) is 13.1. The van der Waals surface area contributed by atoms with Crippen LogP contribution in [0.2, 0.25) is 0 Å². The predicted octanol–water partition coefficient (Wildman–Crippen LogP) is 8.03. The van der Waals surface area contributed by atoms with Crippen LogP contribution in [-0.4, -0.2) is 38.6 Å². The molecule has 0 spiro atoms. The fourth-order valence-corrected chi connectivity index (χ4v) is 4.18. The van der Waals surface area contributed by atoms with E-state index in [0.717, 1.165) is 33.7 Å². The Bertz CT molecular complexity index is 1340. The Morgan fingerprint density at radius 2 is 1.08 bits per heavy atom. The number of aromatic nitrogens is 1. The van der Waals surface area contributed by atoms with Gasteiger partial charge < -0.3 is 16.0 Å². The summed E-state index contributed by atoms with van der Waals surface area (Å²) in [6.45, 7) is 8.30. The van der Waals surface area contributed by atoms with Crippen molar-refractivity contribution in [2.45, 2.75) is 45.8 Å². The first kappa shape index (κ1) is 27.8. The Morgan fingerprint density at radius 1 is 0.703 bits per heavy atom. The molecule has 9 heteroatoms. The Hall–Kier alpha value is -3.81. The van der Waals surface area contributed by atoms with Crippen molar-refractivity contribution in [3.8, 4) is 0 Å². The van der Waals surface area contributed by atoms with Gasteiger partial charge in [-0.2, -0.15) is 0 Å². The first-order valence-corrected chi connectivity index (χ1v) is 11.8. The van der Waals surface area contributed by atoms with Crippen LogP contribution in [0.1, 0.15) is 43.2 Å². The molecule has 0 saturated carbocycles. The van der Waals surface area contributed by atoms with Crippen molar-refractivity contribution >= 4 is 46.2 Å². The van der Waals surface area contributed by atoms with Crippen LogP contribution in [0.3, 0.4) is 0 Å². The van der Waals surface area contributed by atoms with E-state index in [-0.39, 0.29) is 35.2 Å². The number of benzene rings is 2. The molecule has 0 radical (unpaired) electrons. The summed E-state index contributed by atoms with van der Waals surface area (Å²) in [6.07, 6.45) is 12.8. The quantitative estimate of drug-likeness (QED) is 0.219. The van der Waals surface area contributed by atoms with Crippen molar-refractivity contribution in [3.63, 3.8) is 0 Å². The van der Waals surface area contributed by atoms with Crippen LogP contribution < -0.4 is 0 Å². The molecule has 6 rings (SSSR count). The van der Waals surface area contributed by atoms with Gasteiger partial charge in [0.15, 0.2) is 0 Å². The monoisotopic (exact) mass is 546 g/mol. The van der Waals surface area contributed by atoms with Crippen molar-refractivity contribution in [1.29, 1.82) is 0 Å². The summed E-state index contributed by atoms with van der Waals surface area (Å²) in [6, 6.07) is 13.4. The fourth-order valence-electron chi connectivity index (χ4n) is 4.18. The number of nitrogens with zero attached hydrogens (tertiary/aromatic N) is 5. The molecule has 196 valence electrons. The topological polar surface area (TPSA) is 116 Å². The third kappa shape index (κ3) is 6.70. The Kier molecular flexibility index (Phi) is 8.97. The van der Waals surface area contributed by atoms with Gasteiger partial charge in [0.25, 0.3) is 0 Å². The van der Waals surface area contributed by atoms with Gasteiger partial charge in [0.1, 0.15) is 4.91 Å². The van der Waals surface area contributed by atoms with E-state index in [1.165, 1.54) is 16.7 Å². The van der Waals surface area contributed by atoms with Gasteiger partial charge in [-0.25, -0.2) is 10.4 Å². The second-order valence-electron chi connectivity index (χ2n) is 8.91. The largest absolute Gasteiger partial charge is 1.00 e. The summed E-state index contributed by atoms with van der Waals surface area (Å²) < 4.78 is 0. The molecule has 0 saturated heterocycles. The van der Waals surface area contributed by atoms with Crippen LogP contribution in [-0.2, 0) is 17.1 Å². The SMILES string of the molecule is CC1C=Cc2ccc3c(c2[N-]1)[N-]C(C)C=C3.Cc1ccc2ccc3c(c2n1)[N-]C(C)C=C3.O=[N+](O)O.[Cu+]. The smallest absolute Gasteiger partial charge is 0.679 e. The third-order valence-corrected chi connectivity index (χ3v) is 5.88. The van der Waals surface area contributed by atoms with Gasteiger partial charge >= 0.3 is 22.2 Å². The second-order valence-corrected chi connectivity index (χ2v) is 8.91. The van der Waals surface area contributed by atoms with Crippen molar-refractivity contribution in [2.75, 3.05) is 0 Å². The van der Waals surface area contributed by atoms with E-state index >= 15 is 0 Å². The second kappa shape index (κ2) is 12.0. The van der Waals surface area contributed by atoms with E-state index in [9.17, 15) is 0 Å². The number of pyridine rings is 1.